The molecule has 0 saturated heterocycles. The van der Waals surface area contributed by atoms with E-state index in [1.165, 1.54) is 6.08 Å². The monoisotopic (exact) mass is 534 g/mol. The maximum Gasteiger partial charge on any atom is 0.276 e. The lowest BCUT2D eigenvalue weighted by Gasteiger charge is -2.38. The number of nitrogens with zero attached hydrogens (tertiary/aromatic N) is 5. The van der Waals surface area contributed by atoms with E-state index in [9.17, 15) is 9.59 Å². The fraction of sp³-hybridized carbons (Fsp3) is 0.226. The van der Waals surface area contributed by atoms with Gasteiger partial charge in [0.2, 0.25) is 5.95 Å². The summed E-state index contributed by atoms with van der Waals surface area (Å²) in [5.41, 5.74) is 4.24. The summed E-state index contributed by atoms with van der Waals surface area (Å²) in [6.45, 7) is 7.49. The van der Waals surface area contributed by atoms with Gasteiger partial charge in [-0.3, -0.25) is 14.2 Å². The van der Waals surface area contributed by atoms with E-state index in [1.807, 2.05) is 66.4 Å². The Morgan fingerprint density at radius 3 is 2.85 bits per heavy atom. The second kappa shape index (κ2) is 10.7. The van der Waals surface area contributed by atoms with E-state index in [-0.39, 0.29) is 11.5 Å². The number of hydrogen-bond acceptors (Lipinski definition) is 7. The van der Waals surface area contributed by atoms with Gasteiger partial charge in [0.25, 0.3) is 11.5 Å². The number of carbonyl (C=O) groups excluding carboxylic acids is 1. The van der Waals surface area contributed by atoms with E-state index in [0.717, 1.165) is 46.6 Å². The van der Waals surface area contributed by atoms with Crippen LogP contribution < -0.4 is 25.4 Å². The van der Waals surface area contributed by atoms with Crippen LogP contribution in [0.2, 0.25) is 0 Å². The number of ether oxygens (including phenoxy) is 1. The third-order valence-corrected chi connectivity index (χ3v) is 7.19. The number of rotatable bonds is 2. The van der Waals surface area contributed by atoms with Gasteiger partial charge in [0.05, 0.1) is 18.0 Å². The van der Waals surface area contributed by atoms with Crippen LogP contribution in [0, 0.1) is 6.92 Å². The molecule has 2 aliphatic heterocycles. The standard InChI is InChI=1S/C31H30N6O3/c1-3-27(38)36-16-15-35(25-13-8-10-21(2)28(25)36)26-18-22-20-32-31-33-23-11-9-12-24(19-23)40-17-7-5-4-6-14-37(30(26)39)29(22)34-31/h3-4,6,8-13,18-20H,1,5,7,14-17H2,2H3,(H,32,33,34)/b6-4-. The van der Waals surface area contributed by atoms with Crippen molar-refractivity contribution in [2.45, 2.75) is 26.3 Å². The van der Waals surface area contributed by atoms with Crippen LogP contribution in [0.3, 0.4) is 0 Å². The first kappa shape index (κ1) is 25.4. The van der Waals surface area contributed by atoms with Gasteiger partial charge in [-0.25, -0.2) is 4.98 Å². The van der Waals surface area contributed by atoms with Crippen molar-refractivity contribution in [2.24, 2.45) is 0 Å². The normalized spacial score (nSPS) is 15.8. The first-order valence-corrected chi connectivity index (χ1v) is 13.4. The van der Waals surface area contributed by atoms with Crippen LogP contribution in [0.4, 0.5) is 28.7 Å². The lowest BCUT2D eigenvalue weighted by Crippen LogP contribution is -2.44. The second-order valence-corrected chi connectivity index (χ2v) is 9.82. The summed E-state index contributed by atoms with van der Waals surface area (Å²) in [5.74, 6) is 1.00. The van der Waals surface area contributed by atoms with E-state index >= 15 is 0 Å². The van der Waals surface area contributed by atoms with Crippen molar-refractivity contribution in [3.8, 4) is 5.75 Å². The highest BCUT2D eigenvalue weighted by atomic mass is 16.5. The summed E-state index contributed by atoms with van der Waals surface area (Å²) in [6, 6.07) is 15.4. The Morgan fingerprint density at radius 2 is 1.98 bits per heavy atom. The van der Waals surface area contributed by atoms with E-state index in [1.54, 1.807) is 15.7 Å². The lowest BCUT2D eigenvalue weighted by molar-refractivity contribution is -0.114. The van der Waals surface area contributed by atoms with Crippen LogP contribution >= 0.6 is 0 Å². The molecule has 202 valence electrons. The maximum atomic E-state index is 14.1. The predicted molar refractivity (Wildman–Crippen MR) is 158 cm³/mol. The number of carbonyl (C=O) groups is 1. The Kier molecular flexibility index (Phi) is 6.77. The number of allylic oxidation sites excluding steroid dienone is 2. The minimum atomic E-state index is -0.162. The molecule has 2 aliphatic rings. The molecule has 4 bridgehead atoms. The van der Waals surface area contributed by atoms with Crippen molar-refractivity contribution in [3.63, 3.8) is 0 Å². The average molecular weight is 535 g/mol. The molecule has 2 aromatic heterocycles. The molecule has 4 heterocycles. The molecule has 2 aromatic carbocycles. The molecule has 1 N–H and O–H groups in total. The van der Waals surface area contributed by atoms with E-state index < -0.39 is 0 Å². The molecule has 0 unspecified atom stereocenters. The molecular weight excluding hydrogens is 504 g/mol. The van der Waals surface area contributed by atoms with Crippen molar-refractivity contribution in [1.82, 2.24) is 14.5 Å². The van der Waals surface area contributed by atoms with Gasteiger partial charge in [0.1, 0.15) is 17.1 Å². The number of aromatic nitrogens is 3. The van der Waals surface area contributed by atoms with Crippen LogP contribution in [-0.4, -0.2) is 40.1 Å². The fourth-order valence-electron chi connectivity index (χ4n) is 5.27. The van der Waals surface area contributed by atoms with Crippen LogP contribution in [0.15, 0.2) is 84.3 Å². The zero-order chi connectivity index (χ0) is 27.6. The molecular formula is C31H30N6O3. The smallest absolute Gasteiger partial charge is 0.276 e. The third-order valence-electron chi connectivity index (χ3n) is 7.19. The molecule has 4 aromatic rings. The third kappa shape index (κ3) is 4.70. The highest BCUT2D eigenvalue weighted by Gasteiger charge is 2.30. The number of amides is 1. The minimum absolute atomic E-state index is 0.160. The molecule has 0 radical (unpaired) electrons. The molecule has 0 saturated carbocycles. The SMILES string of the molecule is C=CC(=O)N1CCN(c2cc3cnc4nc3n(c2=O)C/C=C\CCCOc2cccc(c2)N4)c2cccc(C)c21. The van der Waals surface area contributed by atoms with Crippen molar-refractivity contribution >= 4 is 45.6 Å². The van der Waals surface area contributed by atoms with E-state index in [2.05, 4.69) is 23.0 Å². The molecule has 1 amide bonds. The number of para-hydroxylation sites is 1. The Hall–Kier alpha value is -4.92. The highest BCUT2D eigenvalue weighted by Crippen LogP contribution is 2.39. The maximum absolute atomic E-state index is 14.1. The summed E-state index contributed by atoms with van der Waals surface area (Å²) in [6.07, 6.45) is 8.82. The Morgan fingerprint density at radius 1 is 1.10 bits per heavy atom. The largest absolute Gasteiger partial charge is 0.494 e. The molecule has 0 fully saturated rings. The molecule has 0 atom stereocenters. The summed E-state index contributed by atoms with van der Waals surface area (Å²) in [7, 11) is 0. The summed E-state index contributed by atoms with van der Waals surface area (Å²) >= 11 is 0. The number of nitrogens with one attached hydrogen (secondary N) is 1. The summed E-state index contributed by atoms with van der Waals surface area (Å²) in [4.78, 5) is 39.8. The van der Waals surface area contributed by atoms with Crippen LogP contribution in [0.1, 0.15) is 18.4 Å². The Bertz CT molecular complexity index is 1710. The van der Waals surface area contributed by atoms with Crippen LogP contribution in [0.25, 0.3) is 11.0 Å². The van der Waals surface area contributed by atoms with Crippen molar-refractivity contribution in [1.29, 1.82) is 0 Å². The minimum Gasteiger partial charge on any atom is -0.494 e. The van der Waals surface area contributed by atoms with Gasteiger partial charge in [-0.15, -0.1) is 0 Å². The van der Waals surface area contributed by atoms with Gasteiger partial charge < -0.3 is 19.9 Å². The van der Waals surface area contributed by atoms with Gasteiger partial charge in [0, 0.05) is 43.0 Å². The van der Waals surface area contributed by atoms with Gasteiger partial charge in [-0.05, 0) is 55.7 Å². The Balaban J connectivity index is 1.49. The molecule has 9 heteroatoms. The quantitative estimate of drug-likeness (QED) is 0.278. The first-order chi connectivity index (χ1) is 19.5. The average Bonchev–Trinajstić information content (AvgIpc) is 2.97. The van der Waals surface area contributed by atoms with Gasteiger partial charge >= 0.3 is 0 Å². The van der Waals surface area contributed by atoms with Crippen LogP contribution in [0.5, 0.6) is 5.75 Å². The van der Waals surface area contributed by atoms with E-state index in [4.69, 9.17) is 9.72 Å². The second-order valence-electron chi connectivity index (χ2n) is 9.82. The molecule has 0 spiro atoms. The molecule has 6 rings (SSSR count). The number of hydrogen-bond donors (Lipinski definition) is 1. The topological polar surface area (TPSA) is 92.6 Å². The van der Waals surface area contributed by atoms with Crippen molar-refractivity contribution in [3.05, 3.63) is 95.5 Å². The summed E-state index contributed by atoms with van der Waals surface area (Å²) in [5, 5.41) is 3.99. The van der Waals surface area contributed by atoms with E-state index in [0.29, 0.717) is 43.5 Å². The number of pyridine rings is 1. The number of aryl methyl sites for hydroxylation is 1. The molecule has 9 nitrogen and oxygen atoms in total. The molecule has 40 heavy (non-hydrogen) atoms. The van der Waals surface area contributed by atoms with Crippen molar-refractivity contribution in [2.75, 3.05) is 34.8 Å². The van der Waals surface area contributed by atoms with Gasteiger partial charge in [-0.2, -0.15) is 4.98 Å². The molecule has 0 aliphatic carbocycles. The van der Waals surface area contributed by atoms with Gasteiger partial charge in [-0.1, -0.05) is 36.9 Å². The number of benzene rings is 2. The van der Waals surface area contributed by atoms with Crippen LogP contribution in [-0.2, 0) is 11.3 Å². The number of anilines is 5. The zero-order valence-corrected chi connectivity index (χ0v) is 22.3. The first-order valence-electron chi connectivity index (χ1n) is 13.4. The highest BCUT2D eigenvalue weighted by molar-refractivity contribution is 6.05. The summed E-state index contributed by atoms with van der Waals surface area (Å²) < 4.78 is 7.58. The lowest BCUT2D eigenvalue weighted by atomic mass is 10.1. The number of fused-ring (bicyclic) bond motifs is 4. The Labute approximate surface area is 232 Å². The van der Waals surface area contributed by atoms with Crippen molar-refractivity contribution < 1.29 is 9.53 Å². The predicted octanol–water partition coefficient (Wildman–Crippen LogP) is 5.24. The van der Waals surface area contributed by atoms with Gasteiger partial charge in [0.15, 0.2) is 0 Å². The fourth-order valence-corrected chi connectivity index (χ4v) is 5.27. The zero-order valence-electron chi connectivity index (χ0n) is 22.3.